The average Bonchev–Trinajstić information content (AvgIpc) is 3.45. The molecule has 0 aromatic heterocycles. The lowest BCUT2D eigenvalue weighted by Gasteiger charge is -2.21. The van der Waals surface area contributed by atoms with E-state index < -0.39 is 97.5 Å². The number of carbonyl (C=O) groups excluding carboxylic acids is 4. The molecule has 0 spiro atoms. The van der Waals surface area contributed by atoms with Crippen molar-refractivity contribution in [2.75, 3.05) is 39.6 Å². The van der Waals surface area contributed by atoms with E-state index in [0.29, 0.717) is 31.6 Å². The molecule has 0 aliphatic heterocycles. The zero-order valence-electron chi connectivity index (χ0n) is 53.0. The number of allylic oxidation sites excluding steroid dienone is 4. The highest BCUT2D eigenvalue weighted by Gasteiger charge is 2.30. The van der Waals surface area contributed by atoms with Crippen molar-refractivity contribution in [1.82, 2.24) is 0 Å². The Labute approximate surface area is 503 Å². The molecule has 0 amide bonds. The fraction of sp³-hybridized carbons (Fsp3) is 0.875. The second-order valence-corrected chi connectivity index (χ2v) is 26.3. The maximum atomic E-state index is 13.0. The fourth-order valence-electron chi connectivity index (χ4n) is 8.99. The molecule has 0 aromatic carbocycles. The summed E-state index contributed by atoms with van der Waals surface area (Å²) >= 11 is 0. The minimum absolute atomic E-state index is 0.0840. The van der Waals surface area contributed by atoms with Gasteiger partial charge in [-0.15, -0.1) is 0 Å². The Balaban J connectivity index is 5.26. The SMILES string of the molecule is CCCCCC/C=C\C=C/CCCCCCCC(=O)O[C@H](COC(=O)CCCCCCCCCCC(C)C)COP(=O)(O)OC[C@@H](O)COP(=O)(O)OC[C@@H](COC(=O)CCCCCCCCCC)OC(=O)CCCCCCCCC(C)C. The number of aliphatic hydroxyl groups excluding tert-OH is 1. The maximum absolute atomic E-state index is 13.0. The van der Waals surface area contributed by atoms with Crippen LogP contribution in [0.25, 0.3) is 0 Å². The first-order chi connectivity index (χ1) is 39.9. The molecule has 0 rings (SSSR count). The number of hydrogen-bond acceptors (Lipinski definition) is 15. The quantitative estimate of drug-likeness (QED) is 0.0169. The van der Waals surface area contributed by atoms with Gasteiger partial charge in [0.1, 0.15) is 19.3 Å². The highest BCUT2D eigenvalue weighted by Crippen LogP contribution is 2.45. The number of carbonyl (C=O) groups is 4. The first-order valence-electron chi connectivity index (χ1n) is 32.8. The fourth-order valence-corrected chi connectivity index (χ4v) is 10.6. The topological polar surface area (TPSA) is 237 Å². The van der Waals surface area contributed by atoms with Gasteiger partial charge in [-0.25, -0.2) is 9.13 Å². The lowest BCUT2D eigenvalue weighted by atomic mass is 10.0. The van der Waals surface area contributed by atoms with Gasteiger partial charge in [-0.1, -0.05) is 239 Å². The molecular weight excluding hydrogens is 1100 g/mol. The van der Waals surface area contributed by atoms with E-state index in [4.69, 9.17) is 37.0 Å². The Morgan fingerprint density at radius 1 is 0.373 bits per heavy atom. The smallest absolute Gasteiger partial charge is 0.462 e. The van der Waals surface area contributed by atoms with Crippen LogP contribution in [0.2, 0.25) is 0 Å². The molecule has 5 atom stereocenters. The molecule has 0 aromatic rings. The third-order valence-corrected chi connectivity index (χ3v) is 16.0. The van der Waals surface area contributed by atoms with Crippen LogP contribution in [0.3, 0.4) is 0 Å². The molecule has 3 N–H and O–H groups in total. The van der Waals surface area contributed by atoms with Crippen molar-refractivity contribution < 1.29 is 80.2 Å². The van der Waals surface area contributed by atoms with E-state index in [2.05, 4.69) is 65.8 Å². The highest BCUT2D eigenvalue weighted by atomic mass is 31.2. The minimum Gasteiger partial charge on any atom is -0.462 e. The number of unbranched alkanes of at least 4 members (excludes halogenated alkanes) is 28. The van der Waals surface area contributed by atoms with Gasteiger partial charge in [0, 0.05) is 25.7 Å². The molecule has 488 valence electrons. The third kappa shape index (κ3) is 58.3. The van der Waals surface area contributed by atoms with Crippen molar-refractivity contribution in [3.05, 3.63) is 24.3 Å². The van der Waals surface area contributed by atoms with Crippen LogP contribution in [-0.4, -0.2) is 96.7 Å². The van der Waals surface area contributed by atoms with Crippen molar-refractivity contribution in [3.63, 3.8) is 0 Å². The highest BCUT2D eigenvalue weighted by molar-refractivity contribution is 7.47. The number of esters is 4. The average molecular weight is 1220 g/mol. The summed E-state index contributed by atoms with van der Waals surface area (Å²) < 4.78 is 67.8. The minimum atomic E-state index is -4.95. The standard InChI is InChI=1S/C64H120O17P2/c1-7-9-11-13-15-17-18-19-20-21-22-23-29-36-42-48-63(68)80-59(52-75-62(67)47-41-35-28-25-24-26-32-38-44-56(3)4)54-78-82(70,71)76-50-58(65)51-77-83(72,73)79-55-60(53-74-61(66)46-40-34-27-16-14-12-10-8-2)81-64(69)49-43-37-31-30-33-39-45-57(5)6/h17-20,56-60,65H,7-16,21-55H2,1-6H3,(H,70,71)(H,72,73)/b18-17-,20-19-/t58-,59-,60-/m1/s1. The predicted molar refractivity (Wildman–Crippen MR) is 331 cm³/mol. The lowest BCUT2D eigenvalue weighted by Crippen LogP contribution is -2.30. The van der Waals surface area contributed by atoms with E-state index in [0.717, 1.165) is 121 Å². The van der Waals surface area contributed by atoms with Gasteiger partial charge in [-0.2, -0.15) is 0 Å². The summed E-state index contributed by atoms with van der Waals surface area (Å²) in [5.74, 6) is -0.781. The molecule has 0 saturated carbocycles. The summed E-state index contributed by atoms with van der Waals surface area (Å²) in [6.07, 6.45) is 41.4. The number of ether oxygens (including phenoxy) is 4. The molecule has 19 heteroatoms. The third-order valence-electron chi connectivity index (χ3n) is 14.1. The number of aliphatic hydroxyl groups is 1. The van der Waals surface area contributed by atoms with Crippen molar-refractivity contribution in [1.29, 1.82) is 0 Å². The summed E-state index contributed by atoms with van der Waals surface area (Å²) in [6, 6.07) is 0. The van der Waals surface area contributed by atoms with Gasteiger partial charge in [0.15, 0.2) is 12.2 Å². The predicted octanol–water partition coefficient (Wildman–Crippen LogP) is 17.2. The van der Waals surface area contributed by atoms with Gasteiger partial charge in [0.25, 0.3) is 0 Å². The van der Waals surface area contributed by atoms with Gasteiger partial charge >= 0.3 is 39.5 Å². The number of hydrogen-bond donors (Lipinski definition) is 3. The Bertz CT molecular complexity index is 1720. The van der Waals surface area contributed by atoms with E-state index in [1.54, 1.807) is 0 Å². The maximum Gasteiger partial charge on any atom is 0.472 e. The van der Waals surface area contributed by atoms with Gasteiger partial charge < -0.3 is 33.8 Å². The van der Waals surface area contributed by atoms with E-state index in [9.17, 15) is 43.2 Å². The van der Waals surface area contributed by atoms with E-state index in [1.165, 1.54) is 83.5 Å². The molecular formula is C64H120O17P2. The Morgan fingerprint density at radius 2 is 0.651 bits per heavy atom. The van der Waals surface area contributed by atoms with Gasteiger partial charge in [-0.05, 0) is 63.2 Å². The summed E-state index contributed by atoms with van der Waals surface area (Å²) in [5.41, 5.74) is 0. The zero-order chi connectivity index (χ0) is 61.5. The van der Waals surface area contributed by atoms with E-state index in [-0.39, 0.29) is 25.7 Å². The van der Waals surface area contributed by atoms with E-state index >= 15 is 0 Å². The largest absolute Gasteiger partial charge is 0.472 e. The Kier molecular flexibility index (Phi) is 54.4. The molecule has 0 saturated heterocycles. The van der Waals surface area contributed by atoms with Gasteiger partial charge in [0.05, 0.1) is 26.4 Å². The van der Waals surface area contributed by atoms with Crippen molar-refractivity contribution >= 4 is 39.5 Å². The van der Waals surface area contributed by atoms with Gasteiger partial charge in [-0.3, -0.25) is 37.3 Å². The molecule has 0 bridgehead atoms. The van der Waals surface area contributed by atoms with Crippen molar-refractivity contribution in [2.24, 2.45) is 11.8 Å². The van der Waals surface area contributed by atoms with E-state index in [1.807, 2.05) is 0 Å². The van der Waals surface area contributed by atoms with Crippen LogP contribution in [0.4, 0.5) is 0 Å². The summed E-state index contributed by atoms with van der Waals surface area (Å²) in [6.45, 7) is 9.27. The van der Waals surface area contributed by atoms with Crippen LogP contribution >= 0.6 is 15.6 Å². The molecule has 83 heavy (non-hydrogen) atoms. The Hall–Kier alpha value is -2.46. The van der Waals surface area contributed by atoms with Crippen LogP contribution < -0.4 is 0 Å². The van der Waals surface area contributed by atoms with Crippen molar-refractivity contribution in [2.45, 2.75) is 310 Å². The summed E-state index contributed by atoms with van der Waals surface area (Å²) in [4.78, 5) is 72.1. The molecule has 0 heterocycles. The van der Waals surface area contributed by atoms with Crippen molar-refractivity contribution in [3.8, 4) is 0 Å². The number of phosphoric acid groups is 2. The van der Waals surface area contributed by atoms with Crippen LogP contribution in [0.5, 0.6) is 0 Å². The monoisotopic (exact) mass is 1220 g/mol. The summed E-state index contributed by atoms with van der Waals surface area (Å²) in [7, 11) is -9.90. The lowest BCUT2D eigenvalue weighted by molar-refractivity contribution is -0.161. The first-order valence-corrected chi connectivity index (χ1v) is 35.8. The second kappa shape index (κ2) is 56.1. The van der Waals surface area contributed by atoms with Crippen LogP contribution in [0, 0.1) is 11.8 Å². The van der Waals surface area contributed by atoms with Crippen LogP contribution in [0.15, 0.2) is 24.3 Å². The van der Waals surface area contributed by atoms with Gasteiger partial charge in [0.2, 0.25) is 0 Å². The molecule has 2 unspecified atom stereocenters. The summed E-state index contributed by atoms with van der Waals surface area (Å²) in [5, 5.41) is 10.5. The zero-order valence-corrected chi connectivity index (χ0v) is 54.8. The molecule has 17 nitrogen and oxygen atoms in total. The molecule has 0 fully saturated rings. The van der Waals surface area contributed by atoms with Crippen LogP contribution in [0.1, 0.15) is 292 Å². The molecule has 0 aliphatic carbocycles. The molecule has 0 aliphatic rings. The van der Waals surface area contributed by atoms with Crippen LogP contribution in [-0.2, 0) is 65.4 Å². The number of rotatable bonds is 61. The Morgan fingerprint density at radius 3 is 0.988 bits per heavy atom. The molecule has 0 radical (unpaired) electrons. The number of phosphoric ester groups is 2. The normalized spacial score (nSPS) is 14.5. The first kappa shape index (κ1) is 80.5. The second-order valence-electron chi connectivity index (χ2n) is 23.4.